The lowest BCUT2D eigenvalue weighted by atomic mass is 10.2. The van der Waals surface area contributed by atoms with E-state index in [0.29, 0.717) is 28.6 Å². The van der Waals surface area contributed by atoms with Gasteiger partial charge in [0.15, 0.2) is 6.10 Å². The van der Waals surface area contributed by atoms with E-state index in [-0.39, 0.29) is 5.91 Å². The topological polar surface area (TPSA) is 47.6 Å². The van der Waals surface area contributed by atoms with Gasteiger partial charge in [0.05, 0.1) is 0 Å². The molecule has 3 aromatic carbocycles. The summed E-state index contributed by atoms with van der Waals surface area (Å²) in [6, 6.07) is 22.1. The maximum absolute atomic E-state index is 12.6. The van der Waals surface area contributed by atoms with Gasteiger partial charge < -0.3 is 14.8 Å². The van der Waals surface area contributed by atoms with Crippen molar-refractivity contribution in [2.75, 3.05) is 5.32 Å². The van der Waals surface area contributed by atoms with Gasteiger partial charge in [0.25, 0.3) is 5.91 Å². The van der Waals surface area contributed by atoms with Gasteiger partial charge in [-0.15, -0.1) is 0 Å². The highest BCUT2D eigenvalue weighted by molar-refractivity contribution is 6.31. The summed E-state index contributed by atoms with van der Waals surface area (Å²) in [5, 5.41) is 3.55. The summed E-state index contributed by atoms with van der Waals surface area (Å²) in [7, 11) is 0. The highest BCUT2D eigenvalue weighted by Crippen LogP contribution is 2.24. The number of para-hydroxylation sites is 1. The Morgan fingerprint density at radius 2 is 1.61 bits per heavy atom. The molecule has 0 aliphatic heterocycles. The first-order valence-electron chi connectivity index (χ1n) is 9.12. The lowest BCUT2D eigenvalue weighted by Gasteiger charge is -2.18. The Hall–Kier alpha value is -2.98. The van der Waals surface area contributed by atoms with Crippen LogP contribution >= 0.6 is 11.6 Å². The molecule has 0 heterocycles. The van der Waals surface area contributed by atoms with E-state index in [9.17, 15) is 4.79 Å². The molecule has 0 fully saturated rings. The van der Waals surface area contributed by atoms with E-state index in [2.05, 4.69) is 5.32 Å². The van der Waals surface area contributed by atoms with Gasteiger partial charge in [-0.3, -0.25) is 4.79 Å². The third-order valence-corrected chi connectivity index (χ3v) is 4.60. The number of benzene rings is 3. The number of carbonyl (C=O) groups excluding carboxylic acids is 1. The first-order valence-corrected chi connectivity index (χ1v) is 9.49. The van der Waals surface area contributed by atoms with E-state index in [0.717, 1.165) is 11.3 Å². The van der Waals surface area contributed by atoms with Crippen LogP contribution in [0.1, 0.15) is 18.9 Å². The van der Waals surface area contributed by atoms with Crippen LogP contribution in [0.5, 0.6) is 17.2 Å². The molecular weight excluding hydrogens is 374 g/mol. The van der Waals surface area contributed by atoms with E-state index in [1.807, 2.05) is 62.4 Å². The van der Waals surface area contributed by atoms with Gasteiger partial charge in [-0.2, -0.15) is 0 Å². The van der Waals surface area contributed by atoms with Crippen LogP contribution in [0.15, 0.2) is 72.8 Å². The largest absolute Gasteiger partial charge is 0.481 e. The second kappa shape index (κ2) is 9.29. The van der Waals surface area contributed by atoms with E-state index < -0.39 is 6.10 Å². The van der Waals surface area contributed by atoms with Crippen molar-refractivity contribution in [2.24, 2.45) is 0 Å². The molecule has 0 radical (unpaired) electrons. The third-order valence-electron chi connectivity index (χ3n) is 4.17. The van der Waals surface area contributed by atoms with Crippen LogP contribution in [0.4, 0.5) is 5.69 Å². The second-order valence-corrected chi connectivity index (χ2v) is 6.76. The lowest BCUT2D eigenvalue weighted by Crippen LogP contribution is -2.32. The van der Waals surface area contributed by atoms with Gasteiger partial charge in [0, 0.05) is 10.7 Å². The Labute approximate surface area is 170 Å². The Balaban J connectivity index is 1.61. The Morgan fingerprint density at radius 1 is 0.964 bits per heavy atom. The fourth-order valence-corrected chi connectivity index (χ4v) is 2.75. The number of halogens is 1. The molecule has 0 aliphatic rings. The molecule has 1 amide bonds. The molecule has 5 heteroatoms. The average molecular weight is 396 g/mol. The fraction of sp³-hybridized carbons (Fsp3) is 0.174. The molecule has 0 saturated carbocycles. The zero-order valence-electron chi connectivity index (χ0n) is 15.8. The summed E-state index contributed by atoms with van der Waals surface area (Å²) in [5.41, 5.74) is 1.59. The van der Waals surface area contributed by atoms with Crippen molar-refractivity contribution in [2.45, 2.75) is 26.4 Å². The molecule has 1 N–H and O–H groups in total. The van der Waals surface area contributed by atoms with Crippen molar-refractivity contribution in [3.05, 3.63) is 83.4 Å². The number of aryl methyl sites for hydroxylation is 1. The average Bonchev–Trinajstić information content (AvgIpc) is 2.71. The summed E-state index contributed by atoms with van der Waals surface area (Å²) >= 11 is 6.04. The standard InChI is InChI=1S/C23H22ClNO3/c1-3-22(28-20-13-14-21(24)16(2)15-20)23(26)25-17-9-11-19(12-10-17)27-18-7-5-4-6-8-18/h4-15,22H,3H2,1-2H3,(H,25,26)/t22-/m0/s1. The van der Waals surface area contributed by atoms with Crippen molar-refractivity contribution >= 4 is 23.2 Å². The van der Waals surface area contributed by atoms with Crippen LogP contribution in [-0.4, -0.2) is 12.0 Å². The molecule has 0 unspecified atom stereocenters. The SMILES string of the molecule is CC[C@H](Oc1ccc(Cl)c(C)c1)C(=O)Nc1ccc(Oc2ccccc2)cc1. The molecule has 28 heavy (non-hydrogen) atoms. The van der Waals surface area contributed by atoms with Crippen LogP contribution in [0.3, 0.4) is 0 Å². The van der Waals surface area contributed by atoms with Crippen molar-refractivity contribution < 1.29 is 14.3 Å². The van der Waals surface area contributed by atoms with E-state index >= 15 is 0 Å². The maximum Gasteiger partial charge on any atom is 0.265 e. The van der Waals surface area contributed by atoms with Crippen molar-refractivity contribution in [3.8, 4) is 17.2 Å². The minimum atomic E-state index is -0.596. The number of rotatable bonds is 7. The van der Waals surface area contributed by atoms with E-state index in [4.69, 9.17) is 21.1 Å². The first-order chi connectivity index (χ1) is 13.5. The van der Waals surface area contributed by atoms with Crippen LogP contribution in [0.25, 0.3) is 0 Å². The number of nitrogens with one attached hydrogen (secondary N) is 1. The zero-order chi connectivity index (χ0) is 19.9. The molecule has 3 aromatic rings. The number of ether oxygens (including phenoxy) is 2. The number of amides is 1. The van der Waals surface area contributed by atoms with Crippen LogP contribution in [-0.2, 0) is 4.79 Å². The highest BCUT2D eigenvalue weighted by Gasteiger charge is 2.19. The lowest BCUT2D eigenvalue weighted by molar-refractivity contribution is -0.122. The first kappa shape index (κ1) is 19.8. The summed E-state index contributed by atoms with van der Waals surface area (Å²) in [6.07, 6.45) is -0.0521. The predicted octanol–water partition coefficient (Wildman–Crippen LogP) is 6.24. The number of hydrogen-bond donors (Lipinski definition) is 1. The molecular formula is C23H22ClNO3. The third kappa shape index (κ3) is 5.27. The molecule has 0 aromatic heterocycles. The summed E-state index contributed by atoms with van der Waals surface area (Å²) < 4.78 is 11.6. The van der Waals surface area contributed by atoms with Gasteiger partial charge in [-0.05, 0) is 73.5 Å². The quantitative estimate of drug-likeness (QED) is 0.515. The monoisotopic (exact) mass is 395 g/mol. The molecule has 3 rings (SSSR count). The summed E-state index contributed by atoms with van der Waals surface area (Å²) in [5.74, 6) is 1.88. The normalized spacial score (nSPS) is 11.5. The van der Waals surface area contributed by atoms with Crippen LogP contribution < -0.4 is 14.8 Å². The Bertz CT molecular complexity index is 926. The van der Waals surface area contributed by atoms with Gasteiger partial charge in [0.2, 0.25) is 0 Å². The number of hydrogen-bond acceptors (Lipinski definition) is 3. The van der Waals surface area contributed by atoms with Crippen LogP contribution in [0.2, 0.25) is 5.02 Å². The smallest absolute Gasteiger partial charge is 0.265 e. The predicted molar refractivity (Wildman–Crippen MR) is 112 cm³/mol. The molecule has 0 bridgehead atoms. The van der Waals surface area contributed by atoms with Crippen LogP contribution in [0, 0.1) is 6.92 Å². The van der Waals surface area contributed by atoms with Gasteiger partial charge >= 0.3 is 0 Å². The molecule has 0 spiro atoms. The van der Waals surface area contributed by atoms with Gasteiger partial charge in [-0.25, -0.2) is 0 Å². The second-order valence-electron chi connectivity index (χ2n) is 6.35. The van der Waals surface area contributed by atoms with E-state index in [1.54, 1.807) is 24.3 Å². The molecule has 144 valence electrons. The van der Waals surface area contributed by atoms with E-state index in [1.165, 1.54) is 0 Å². The fourth-order valence-electron chi connectivity index (χ4n) is 2.63. The molecule has 0 aliphatic carbocycles. The Morgan fingerprint density at radius 3 is 2.25 bits per heavy atom. The molecule has 4 nitrogen and oxygen atoms in total. The Kier molecular flexibility index (Phi) is 6.56. The minimum Gasteiger partial charge on any atom is -0.481 e. The minimum absolute atomic E-state index is 0.202. The molecule has 1 atom stereocenters. The van der Waals surface area contributed by atoms with Gasteiger partial charge in [0.1, 0.15) is 17.2 Å². The van der Waals surface area contributed by atoms with Gasteiger partial charge in [-0.1, -0.05) is 36.7 Å². The molecule has 0 saturated heterocycles. The summed E-state index contributed by atoms with van der Waals surface area (Å²) in [6.45, 7) is 3.80. The number of anilines is 1. The van der Waals surface area contributed by atoms with Crippen molar-refractivity contribution in [1.82, 2.24) is 0 Å². The number of carbonyl (C=O) groups is 1. The van der Waals surface area contributed by atoms with Crippen molar-refractivity contribution in [1.29, 1.82) is 0 Å². The van der Waals surface area contributed by atoms with Crippen molar-refractivity contribution in [3.63, 3.8) is 0 Å². The highest BCUT2D eigenvalue weighted by atomic mass is 35.5. The summed E-state index contributed by atoms with van der Waals surface area (Å²) in [4.78, 5) is 12.6. The maximum atomic E-state index is 12.6. The zero-order valence-corrected chi connectivity index (χ0v) is 16.6.